The van der Waals surface area contributed by atoms with E-state index >= 15 is 0 Å². The molecule has 0 saturated carbocycles. The summed E-state index contributed by atoms with van der Waals surface area (Å²) in [5.41, 5.74) is 4.86. The number of urea groups is 1. The highest BCUT2D eigenvalue weighted by Crippen LogP contribution is 2.33. The number of rotatable bonds is 8. The van der Waals surface area contributed by atoms with Crippen molar-refractivity contribution in [1.29, 1.82) is 0 Å². The quantitative estimate of drug-likeness (QED) is 0.546. The van der Waals surface area contributed by atoms with Gasteiger partial charge in [-0.3, -0.25) is 0 Å². The van der Waals surface area contributed by atoms with Gasteiger partial charge >= 0.3 is 6.03 Å². The second kappa shape index (κ2) is 9.22. The van der Waals surface area contributed by atoms with Crippen molar-refractivity contribution in [2.75, 3.05) is 40.4 Å². The average molecular weight is 455 g/mol. The van der Waals surface area contributed by atoms with Gasteiger partial charge in [0.1, 0.15) is 18.0 Å². The molecule has 33 heavy (non-hydrogen) atoms. The topological polar surface area (TPSA) is 106 Å². The number of methoxy groups -OCH3 is 3. The van der Waals surface area contributed by atoms with Gasteiger partial charge in [0.25, 0.3) is 0 Å². The Morgan fingerprint density at radius 2 is 1.76 bits per heavy atom. The SMILES string of the molecule is COc1ccc(-n2ccc(OCc3c(OC)cccc3N3C(=O)N(C)NN3C)n2)c(OC)n1. The zero-order valence-corrected chi connectivity index (χ0v) is 19.0. The summed E-state index contributed by atoms with van der Waals surface area (Å²) in [5, 5.41) is 8.92. The number of benzene rings is 1. The number of amides is 2. The number of pyridine rings is 1. The number of nitrogens with zero attached hydrogens (tertiary/aromatic N) is 6. The second-order valence-electron chi connectivity index (χ2n) is 7.00. The summed E-state index contributed by atoms with van der Waals surface area (Å²) in [4.78, 5) is 16.9. The molecule has 0 bridgehead atoms. The lowest BCUT2D eigenvalue weighted by atomic mass is 10.1. The first-order chi connectivity index (χ1) is 16.0. The van der Waals surface area contributed by atoms with E-state index < -0.39 is 0 Å². The summed E-state index contributed by atoms with van der Waals surface area (Å²) in [6.07, 6.45) is 1.74. The van der Waals surface area contributed by atoms with Crippen molar-refractivity contribution in [3.8, 4) is 29.1 Å². The Kier molecular flexibility index (Phi) is 6.20. The van der Waals surface area contributed by atoms with Crippen molar-refractivity contribution < 1.29 is 23.7 Å². The summed E-state index contributed by atoms with van der Waals surface area (Å²) in [7, 11) is 8.01. The minimum atomic E-state index is -0.240. The van der Waals surface area contributed by atoms with Crippen LogP contribution in [0.4, 0.5) is 10.5 Å². The molecule has 1 aromatic carbocycles. The number of aromatic nitrogens is 3. The van der Waals surface area contributed by atoms with Crippen LogP contribution >= 0.6 is 0 Å². The minimum Gasteiger partial charge on any atom is -0.496 e. The number of anilines is 1. The molecular formula is C21H25N7O5. The average Bonchev–Trinajstić information content (AvgIpc) is 3.40. The molecule has 0 unspecified atom stereocenters. The highest BCUT2D eigenvalue weighted by atomic mass is 16.5. The van der Waals surface area contributed by atoms with Gasteiger partial charge in [-0.2, -0.15) is 4.98 Å². The van der Waals surface area contributed by atoms with Crippen LogP contribution in [0.15, 0.2) is 42.6 Å². The van der Waals surface area contributed by atoms with E-state index in [1.807, 2.05) is 18.2 Å². The molecule has 1 aliphatic rings. The van der Waals surface area contributed by atoms with Crippen LogP contribution in [0.3, 0.4) is 0 Å². The molecule has 12 nitrogen and oxygen atoms in total. The first-order valence-electron chi connectivity index (χ1n) is 9.98. The molecule has 3 aromatic rings. The predicted octanol–water partition coefficient (Wildman–Crippen LogP) is 2.01. The van der Waals surface area contributed by atoms with E-state index in [2.05, 4.69) is 15.6 Å². The molecule has 1 fully saturated rings. The lowest BCUT2D eigenvalue weighted by Crippen LogP contribution is -2.40. The van der Waals surface area contributed by atoms with E-state index in [-0.39, 0.29) is 12.6 Å². The van der Waals surface area contributed by atoms with Gasteiger partial charge in [-0.1, -0.05) is 6.07 Å². The van der Waals surface area contributed by atoms with E-state index in [4.69, 9.17) is 18.9 Å². The molecule has 1 aliphatic heterocycles. The van der Waals surface area contributed by atoms with E-state index in [0.717, 1.165) is 0 Å². The molecular weight excluding hydrogens is 430 g/mol. The summed E-state index contributed by atoms with van der Waals surface area (Å²) in [6, 6.07) is 10.4. The van der Waals surface area contributed by atoms with Crippen molar-refractivity contribution in [1.82, 2.24) is 30.4 Å². The lowest BCUT2D eigenvalue weighted by molar-refractivity contribution is 0.167. The molecule has 1 N–H and O–H groups in total. The minimum absolute atomic E-state index is 0.121. The van der Waals surface area contributed by atoms with Gasteiger partial charge in [-0.25, -0.2) is 19.5 Å². The van der Waals surface area contributed by atoms with Crippen LogP contribution in [-0.4, -0.2) is 66.3 Å². The fourth-order valence-corrected chi connectivity index (χ4v) is 3.45. The van der Waals surface area contributed by atoms with Gasteiger partial charge in [-0.15, -0.1) is 15.8 Å². The highest BCUT2D eigenvalue weighted by Gasteiger charge is 2.34. The van der Waals surface area contributed by atoms with E-state index in [9.17, 15) is 4.79 Å². The van der Waals surface area contributed by atoms with Crippen LogP contribution in [0.2, 0.25) is 0 Å². The van der Waals surface area contributed by atoms with Crippen molar-refractivity contribution in [3.05, 3.63) is 48.2 Å². The number of hydrogen-bond donors (Lipinski definition) is 1. The van der Waals surface area contributed by atoms with Crippen molar-refractivity contribution in [2.45, 2.75) is 6.61 Å². The maximum Gasteiger partial charge on any atom is 0.355 e. The third-order valence-corrected chi connectivity index (χ3v) is 5.01. The molecule has 3 heterocycles. The standard InChI is InChI=1S/C21H25N7O5/c1-25-21(29)28(26(2)24-25)15-7-6-8-17(30-3)14(15)13-33-19-11-12-27(23-19)16-9-10-18(31-4)22-20(16)32-5/h6-12,24H,13H2,1-5H3. The molecule has 0 atom stereocenters. The first-order valence-corrected chi connectivity index (χ1v) is 9.98. The fourth-order valence-electron chi connectivity index (χ4n) is 3.45. The van der Waals surface area contributed by atoms with Crippen molar-refractivity contribution in [3.63, 3.8) is 0 Å². The summed E-state index contributed by atoms with van der Waals surface area (Å²) in [5.74, 6) is 1.76. The van der Waals surface area contributed by atoms with Crippen LogP contribution in [0.5, 0.6) is 23.4 Å². The van der Waals surface area contributed by atoms with Crippen molar-refractivity contribution in [2.24, 2.45) is 0 Å². The zero-order valence-electron chi connectivity index (χ0n) is 19.0. The highest BCUT2D eigenvalue weighted by molar-refractivity contribution is 5.93. The molecule has 0 radical (unpaired) electrons. The summed E-state index contributed by atoms with van der Waals surface area (Å²) < 4.78 is 23.6. The number of carbonyl (C=O) groups is 1. The Balaban J connectivity index is 1.59. The Labute approximate surface area is 190 Å². The van der Waals surface area contributed by atoms with Gasteiger partial charge in [0.05, 0.1) is 32.6 Å². The Bertz CT molecular complexity index is 1150. The monoisotopic (exact) mass is 455 g/mol. The number of nitrogens with one attached hydrogen (secondary N) is 1. The normalized spacial score (nSPS) is 14.0. The molecule has 0 aliphatic carbocycles. The van der Waals surface area contributed by atoms with Crippen LogP contribution in [0.25, 0.3) is 5.69 Å². The lowest BCUT2D eigenvalue weighted by Gasteiger charge is -2.24. The molecule has 0 spiro atoms. The predicted molar refractivity (Wildman–Crippen MR) is 118 cm³/mol. The molecule has 1 saturated heterocycles. The van der Waals surface area contributed by atoms with Gasteiger partial charge < -0.3 is 18.9 Å². The fraction of sp³-hybridized carbons (Fsp3) is 0.286. The molecule has 174 valence electrons. The Hall–Kier alpha value is -4.03. The van der Waals surface area contributed by atoms with Gasteiger partial charge in [0, 0.05) is 32.4 Å². The van der Waals surface area contributed by atoms with Crippen LogP contribution in [-0.2, 0) is 6.61 Å². The number of ether oxygens (including phenoxy) is 4. The molecule has 4 rings (SSSR count). The van der Waals surface area contributed by atoms with Gasteiger partial charge in [-0.05, 0) is 18.2 Å². The summed E-state index contributed by atoms with van der Waals surface area (Å²) >= 11 is 0. The largest absolute Gasteiger partial charge is 0.496 e. The Morgan fingerprint density at radius 1 is 0.939 bits per heavy atom. The van der Waals surface area contributed by atoms with E-state index in [0.29, 0.717) is 40.3 Å². The first kappa shape index (κ1) is 22.2. The van der Waals surface area contributed by atoms with Crippen LogP contribution in [0, 0.1) is 0 Å². The number of hydrogen-bond acceptors (Lipinski definition) is 9. The van der Waals surface area contributed by atoms with Crippen molar-refractivity contribution >= 4 is 11.7 Å². The maximum atomic E-state index is 12.6. The van der Waals surface area contributed by atoms with Gasteiger partial charge in [0.15, 0.2) is 0 Å². The third-order valence-electron chi connectivity index (χ3n) is 5.01. The van der Waals surface area contributed by atoms with Gasteiger partial charge in [0.2, 0.25) is 17.6 Å². The number of carbonyl (C=O) groups excluding carboxylic acids is 1. The van der Waals surface area contributed by atoms with Crippen LogP contribution in [0.1, 0.15) is 5.56 Å². The molecule has 12 heteroatoms. The molecule has 2 amide bonds. The maximum absolute atomic E-state index is 12.6. The third kappa shape index (κ3) is 4.21. The van der Waals surface area contributed by atoms with Crippen LogP contribution < -0.4 is 29.5 Å². The van der Waals surface area contributed by atoms with E-state index in [1.54, 1.807) is 55.4 Å². The van der Waals surface area contributed by atoms with E-state index in [1.165, 1.54) is 24.2 Å². The Morgan fingerprint density at radius 3 is 2.42 bits per heavy atom. The smallest absolute Gasteiger partial charge is 0.355 e. The molecule has 2 aromatic heterocycles. The summed E-state index contributed by atoms with van der Waals surface area (Å²) in [6.45, 7) is 0.121. The zero-order chi connectivity index (χ0) is 23.5. The number of hydrazine groups is 3. The second-order valence-corrected chi connectivity index (χ2v) is 7.00.